The summed E-state index contributed by atoms with van der Waals surface area (Å²) in [6.07, 6.45) is 1.77. The van der Waals surface area contributed by atoms with Crippen molar-refractivity contribution in [2.24, 2.45) is 0 Å². The summed E-state index contributed by atoms with van der Waals surface area (Å²) in [6.45, 7) is 6.77. The van der Waals surface area contributed by atoms with Gasteiger partial charge in [0.25, 0.3) is 5.56 Å². The fourth-order valence-corrected chi connectivity index (χ4v) is 2.46. The molecule has 0 atom stereocenters. The molecule has 0 amide bonds. The summed E-state index contributed by atoms with van der Waals surface area (Å²) in [5.74, 6) is 0. The lowest BCUT2D eigenvalue weighted by molar-refractivity contribution is 0.752. The van der Waals surface area contributed by atoms with Crippen molar-refractivity contribution in [1.82, 2.24) is 20.1 Å². The van der Waals surface area contributed by atoms with Crippen molar-refractivity contribution < 1.29 is 0 Å². The number of H-pyrrole nitrogens is 1. The maximum atomic E-state index is 12.3. The molecule has 0 fully saturated rings. The summed E-state index contributed by atoms with van der Waals surface area (Å²) in [7, 11) is 0. The fourth-order valence-electron chi connectivity index (χ4n) is 2.46. The quantitative estimate of drug-likeness (QED) is 0.560. The topological polar surface area (TPSA) is 62.7 Å². The van der Waals surface area contributed by atoms with E-state index in [4.69, 9.17) is 0 Å². The molecule has 0 saturated heterocycles. The fraction of sp³-hybridized carbons (Fsp3) is 0.176. The lowest BCUT2D eigenvalue weighted by Crippen LogP contribution is -2.21. The van der Waals surface area contributed by atoms with Gasteiger partial charge in [-0.3, -0.25) is 4.79 Å². The van der Waals surface area contributed by atoms with Gasteiger partial charge >= 0.3 is 0 Å². The molecule has 22 heavy (non-hydrogen) atoms. The lowest BCUT2D eigenvalue weighted by atomic mass is 10.2. The zero-order valence-electron chi connectivity index (χ0n) is 12.5. The Bertz CT molecular complexity index is 861. The molecular weight excluding hydrogens is 276 g/mol. The van der Waals surface area contributed by atoms with E-state index in [1.54, 1.807) is 10.8 Å². The van der Waals surface area contributed by atoms with Crippen molar-refractivity contribution in [3.05, 3.63) is 70.7 Å². The number of aromatic amines is 1. The molecule has 3 rings (SSSR count). The number of hydrogen-bond donors (Lipinski definition) is 2. The van der Waals surface area contributed by atoms with Crippen molar-refractivity contribution in [3.63, 3.8) is 0 Å². The number of benzene rings is 1. The van der Waals surface area contributed by atoms with Crippen molar-refractivity contribution in [2.45, 2.75) is 13.5 Å². The van der Waals surface area contributed by atoms with Gasteiger partial charge in [0.2, 0.25) is 0 Å². The molecule has 0 spiro atoms. The van der Waals surface area contributed by atoms with Crippen LogP contribution in [-0.4, -0.2) is 21.3 Å². The lowest BCUT2D eigenvalue weighted by Gasteiger charge is -2.04. The summed E-state index contributed by atoms with van der Waals surface area (Å²) < 4.78 is 1.77. The van der Waals surface area contributed by atoms with Gasteiger partial charge in [-0.25, -0.2) is 4.68 Å². The van der Waals surface area contributed by atoms with E-state index in [9.17, 15) is 4.79 Å². The van der Waals surface area contributed by atoms with Crippen LogP contribution in [0.25, 0.3) is 16.7 Å². The molecule has 5 heteroatoms. The normalized spacial score (nSPS) is 11.0. The standard InChI is InChI=1S/C17H18N4O/c1-3-9-18-11-13-10-15-12(2)20-21(16(15)19-17(13)22)14-7-5-4-6-8-14/h3-8,10,18H,1,9,11H2,2H3,(H,19,22). The van der Waals surface area contributed by atoms with Crippen molar-refractivity contribution >= 4 is 11.0 Å². The zero-order valence-corrected chi connectivity index (χ0v) is 12.5. The van der Waals surface area contributed by atoms with Crippen LogP contribution < -0.4 is 10.9 Å². The van der Waals surface area contributed by atoms with Crippen LogP contribution >= 0.6 is 0 Å². The molecule has 2 heterocycles. The molecule has 2 aromatic heterocycles. The van der Waals surface area contributed by atoms with E-state index in [1.807, 2.05) is 43.3 Å². The van der Waals surface area contributed by atoms with Crippen LogP contribution in [-0.2, 0) is 6.54 Å². The summed E-state index contributed by atoms with van der Waals surface area (Å²) in [5, 5.41) is 8.66. The second-order valence-corrected chi connectivity index (χ2v) is 5.14. The highest BCUT2D eigenvalue weighted by atomic mass is 16.1. The smallest absolute Gasteiger partial charge is 0.254 e. The van der Waals surface area contributed by atoms with Crippen LogP contribution in [0.3, 0.4) is 0 Å². The van der Waals surface area contributed by atoms with Crippen LogP contribution in [0.15, 0.2) is 53.8 Å². The van der Waals surface area contributed by atoms with E-state index < -0.39 is 0 Å². The van der Waals surface area contributed by atoms with Gasteiger partial charge in [-0.2, -0.15) is 5.10 Å². The largest absolute Gasteiger partial charge is 0.309 e. The Kier molecular flexibility index (Phi) is 3.89. The molecule has 0 bridgehead atoms. The zero-order chi connectivity index (χ0) is 15.5. The highest BCUT2D eigenvalue weighted by Crippen LogP contribution is 2.19. The molecule has 2 N–H and O–H groups in total. The Morgan fingerprint density at radius 1 is 1.36 bits per heavy atom. The van der Waals surface area contributed by atoms with Crippen molar-refractivity contribution in [3.8, 4) is 5.69 Å². The van der Waals surface area contributed by atoms with Gasteiger partial charge < -0.3 is 10.3 Å². The average molecular weight is 294 g/mol. The Morgan fingerprint density at radius 2 is 2.14 bits per heavy atom. The number of para-hydroxylation sites is 1. The van der Waals surface area contributed by atoms with Crippen LogP contribution in [0.5, 0.6) is 0 Å². The molecule has 0 unspecified atom stereocenters. The van der Waals surface area contributed by atoms with Crippen LogP contribution in [0.1, 0.15) is 11.3 Å². The van der Waals surface area contributed by atoms with E-state index >= 15 is 0 Å². The number of aromatic nitrogens is 3. The Balaban J connectivity index is 2.10. The third kappa shape index (κ3) is 2.58. The minimum atomic E-state index is -0.0962. The number of pyridine rings is 1. The number of hydrogen-bond acceptors (Lipinski definition) is 3. The predicted molar refractivity (Wildman–Crippen MR) is 88.3 cm³/mol. The molecule has 112 valence electrons. The van der Waals surface area contributed by atoms with E-state index in [1.165, 1.54) is 0 Å². The SMILES string of the molecule is C=CCNCc1cc2c(C)nn(-c3ccccc3)c2[nH]c1=O. The second-order valence-electron chi connectivity index (χ2n) is 5.14. The molecule has 0 radical (unpaired) electrons. The first-order valence-corrected chi connectivity index (χ1v) is 7.19. The monoisotopic (exact) mass is 294 g/mol. The van der Waals surface area contributed by atoms with E-state index in [-0.39, 0.29) is 5.56 Å². The summed E-state index contributed by atoms with van der Waals surface area (Å²) >= 11 is 0. The maximum absolute atomic E-state index is 12.3. The van der Waals surface area contributed by atoms with E-state index in [2.05, 4.69) is 22.0 Å². The Hall–Kier alpha value is -2.66. The van der Waals surface area contributed by atoms with Crippen molar-refractivity contribution in [2.75, 3.05) is 6.54 Å². The third-order valence-electron chi connectivity index (χ3n) is 3.55. The molecule has 0 aliphatic heterocycles. The minimum Gasteiger partial charge on any atom is -0.309 e. The number of aryl methyl sites for hydroxylation is 1. The van der Waals surface area contributed by atoms with E-state index in [0.717, 1.165) is 22.4 Å². The first-order valence-electron chi connectivity index (χ1n) is 7.19. The maximum Gasteiger partial charge on any atom is 0.254 e. The predicted octanol–water partition coefficient (Wildman–Crippen LogP) is 2.30. The highest BCUT2D eigenvalue weighted by Gasteiger charge is 2.12. The molecule has 0 aliphatic rings. The summed E-state index contributed by atoms with van der Waals surface area (Å²) in [6, 6.07) is 11.7. The highest BCUT2D eigenvalue weighted by molar-refractivity contribution is 5.80. The van der Waals surface area contributed by atoms with Gasteiger partial charge in [0.15, 0.2) is 0 Å². The average Bonchev–Trinajstić information content (AvgIpc) is 2.85. The summed E-state index contributed by atoms with van der Waals surface area (Å²) in [4.78, 5) is 15.2. The van der Waals surface area contributed by atoms with Crippen LogP contribution in [0.2, 0.25) is 0 Å². The molecule has 5 nitrogen and oxygen atoms in total. The molecule has 3 aromatic rings. The second kappa shape index (κ2) is 5.99. The number of nitrogens with zero attached hydrogens (tertiary/aromatic N) is 2. The van der Waals surface area contributed by atoms with Gasteiger partial charge in [-0.15, -0.1) is 6.58 Å². The Morgan fingerprint density at radius 3 is 2.86 bits per heavy atom. The first kappa shape index (κ1) is 14.3. The molecule has 1 aromatic carbocycles. The molecular formula is C17H18N4O. The molecule has 0 saturated carbocycles. The molecule has 0 aliphatic carbocycles. The Labute approximate surface area is 128 Å². The number of nitrogens with one attached hydrogen (secondary N) is 2. The van der Waals surface area contributed by atoms with Gasteiger partial charge in [0.1, 0.15) is 5.65 Å². The van der Waals surface area contributed by atoms with Gasteiger partial charge in [0, 0.05) is 24.0 Å². The van der Waals surface area contributed by atoms with Gasteiger partial charge in [-0.1, -0.05) is 24.3 Å². The van der Waals surface area contributed by atoms with Gasteiger partial charge in [-0.05, 0) is 25.1 Å². The third-order valence-corrected chi connectivity index (χ3v) is 3.55. The van der Waals surface area contributed by atoms with Crippen LogP contribution in [0.4, 0.5) is 0 Å². The summed E-state index contributed by atoms with van der Waals surface area (Å²) in [5.41, 5.74) is 3.14. The van der Waals surface area contributed by atoms with Crippen LogP contribution in [0, 0.1) is 6.92 Å². The minimum absolute atomic E-state index is 0.0962. The number of fused-ring (bicyclic) bond motifs is 1. The van der Waals surface area contributed by atoms with E-state index in [0.29, 0.717) is 18.7 Å². The van der Waals surface area contributed by atoms with Crippen molar-refractivity contribution in [1.29, 1.82) is 0 Å². The van der Waals surface area contributed by atoms with Gasteiger partial charge in [0.05, 0.1) is 11.4 Å². The number of rotatable bonds is 5. The first-order chi connectivity index (χ1) is 10.7.